The summed E-state index contributed by atoms with van der Waals surface area (Å²) < 4.78 is 64.5. The molecule has 2 N–H and O–H groups in total. The van der Waals surface area contributed by atoms with Gasteiger partial charge in [-0.05, 0) is 30.3 Å². The van der Waals surface area contributed by atoms with Crippen molar-refractivity contribution in [1.82, 2.24) is 9.97 Å². The van der Waals surface area contributed by atoms with Crippen LogP contribution in [-0.2, 0) is 6.18 Å². The Bertz CT molecular complexity index is 1020. The van der Waals surface area contributed by atoms with E-state index in [9.17, 15) is 26.7 Å². The summed E-state index contributed by atoms with van der Waals surface area (Å²) in [4.78, 5) is 19.9. The second-order valence-electron chi connectivity index (χ2n) is 5.58. The molecule has 0 bridgehead atoms. The number of hydrogen-bond acceptors (Lipinski definition) is 4. The third-order valence-electron chi connectivity index (χ3n) is 3.54. The summed E-state index contributed by atoms with van der Waals surface area (Å²) in [5.41, 5.74) is -0.929. The molecule has 10 heteroatoms. The zero-order chi connectivity index (χ0) is 20.3. The number of rotatable bonds is 4. The third-order valence-corrected chi connectivity index (χ3v) is 3.54. The minimum Gasteiger partial charge on any atom is -0.340 e. The van der Waals surface area contributed by atoms with Crippen LogP contribution in [0.2, 0.25) is 0 Å². The minimum absolute atomic E-state index is 0.0615. The van der Waals surface area contributed by atoms with Gasteiger partial charge in [0.2, 0.25) is 0 Å². The molecule has 1 aromatic heterocycles. The SMILES string of the molecule is O=C(Nc1cccc(C(F)(F)F)c1)c1cc(Nc2ccc(F)c(F)c2)ncn1. The molecule has 5 nitrogen and oxygen atoms in total. The number of alkyl halides is 3. The average Bonchev–Trinajstić information content (AvgIpc) is 2.64. The predicted molar refractivity (Wildman–Crippen MR) is 91.1 cm³/mol. The molecule has 0 atom stereocenters. The molecule has 0 spiro atoms. The third kappa shape index (κ3) is 4.58. The fraction of sp³-hybridized carbons (Fsp3) is 0.0556. The molecule has 3 rings (SSSR count). The van der Waals surface area contributed by atoms with Gasteiger partial charge in [0.25, 0.3) is 5.91 Å². The van der Waals surface area contributed by atoms with Crippen LogP contribution in [0.15, 0.2) is 54.9 Å². The summed E-state index contributed by atoms with van der Waals surface area (Å²) >= 11 is 0. The van der Waals surface area contributed by atoms with Crippen molar-refractivity contribution in [2.45, 2.75) is 6.18 Å². The maximum atomic E-state index is 13.3. The van der Waals surface area contributed by atoms with Crippen LogP contribution in [0.1, 0.15) is 16.1 Å². The summed E-state index contributed by atoms with van der Waals surface area (Å²) in [7, 11) is 0. The first kappa shape index (κ1) is 19.2. The van der Waals surface area contributed by atoms with E-state index in [1.807, 2.05) is 0 Å². The van der Waals surface area contributed by atoms with Crippen molar-refractivity contribution in [2.75, 3.05) is 10.6 Å². The van der Waals surface area contributed by atoms with Crippen molar-refractivity contribution in [3.8, 4) is 0 Å². The molecule has 0 saturated carbocycles. The molecule has 0 aliphatic heterocycles. The molecule has 0 saturated heterocycles. The van der Waals surface area contributed by atoms with Crippen LogP contribution >= 0.6 is 0 Å². The predicted octanol–water partition coefficient (Wildman–Crippen LogP) is 4.77. The molecule has 0 radical (unpaired) electrons. The molecule has 0 fully saturated rings. The fourth-order valence-corrected chi connectivity index (χ4v) is 2.24. The summed E-state index contributed by atoms with van der Waals surface area (Å²) in [5, 5.41) is 4.99. The van der Waals surface area contributed by atoms with Crippen molar-refractivity contribution >= 4 is 23.1 Å². The highest BCUT2D eigenvalue weighted by Crippen LogP contribution is 2.30. The van der Waals surface area contributed by atoms with Crippen molar-refractivity contribution in [3.63, 3.8) is 0 Å². The Hall–Kier alpha value is -3.56. The van der Waals surface area contributed by atoms with Crippen molar-refractivity contribution < 1.29 is 26.7 Å². The molecular weight excluding hydrogens is 383 g/mol. The van der Waals surface area contributed by atoms with Gasteiger partial charge < -0.3 is 10.6 Å². The van der Waals surface area contributed by atoms with Gasteiger partial charge in [-0.15, -0.1) is 0 Å². The molecule has 0 unspecified atom stereocenters. The molecular formula is C18H11F5N4O. The zero-order valence-electron chi connectivity index (χ0n) is 13.9. The lowest BCUT2D eigenvalue weighted by molar-refractivity contribution is -0.137. The number of nitrogens with zero attached hydrogens (tertiary/aromatic N) is 2. The van der Waals surface area contributed by atoms with Crippen LogP contribution in [-0.4, -0.2) is 15.9 Å². The van der Waals surface area contributed by atoms with Gasteiger partial charge in [0.1, 0.15) is 17.8 Å². The first-order valence-electron chi connectivity index (χ1n) is 7.75. The van der Waals surface area contributed by atoms with E-state index in [1.54, 1.807) is 0 Å². The average molecular weight is 394 g/mol. The molecule has 0 aliphatic carbocycles. The van der Waals surface area contributed by atoms with Gasteiger partial charge in [0.15, 0.2) is 11.6 Å². The van der Waals surface area contributed by atoms with E-state index in [-0.39, 0.29) is 22.9 Å². The normalized spacial score (nSPS) is 11.2. The highest BCUT2D eigenvalue weighted by atomic mass is 19.4. The minimum atomic E-state index is -4.54. The van der Waals surface area contributed by atoms with Gasteiger partial charge >= 0.3 is 6.18 Å². The highest BCUT2D eigenvalue weighted by Gasteiger charge is 2.30. The molecule has 3 aromatic rings. The van der Waals surface area contributed by atoms with Crippen LogP contribution in [0.5, 0.6) is 0 Å². The summed E-state index contributed by atoms with van der Waals surface area (Å²) in [6.07, 6.45) is -3.50. The largest absolute Gasteiger partial charge is 0.416 e. The monoisotopic (exact) mass is 394 g/mol. The molecule has 144 valence electrons. The number of nitrogens with one attached hydrogen (secondary N) is 2. The number of hydrogen-bond donors (Lipinski definition) is 2. The van der Waals surface area contributed by atoms with Crippen molar-refractivity contribution in [3.05, 3.63) is 77.8 Å². The quantitative estimate of drug-likeness (QED) is 0.626. The lowest BCUT2D eigenvalue weighted by Crippen LogP contribution is -2.15. The Balaban J connectivity index is 1.76. The van der Waals surface area contributed by atoms with Crippen LogP contribution in [0.4, 0.5) is 39.1 Å². The van der Waals surface area contributed by atoms with Crippen LogP contribution in [0.3, 0.4) is 0 Å². The zero-order valence-corrected chi connectivity index (χ0v) is 13.9. The Morgan fingerprint density at radius 2 is 1.68 bits per heavy atom. The Morgan fingerprint density at radius 1 is 0.893 bits per heavy atom. The summed E-state index contributed by atoms with van der Waals surface area (Å²) in [5.74, 6) is -2.75. The second kappa shape index (κ2) is 7.59. The van der Waals surface area contributed by atoms with E-state index in [1.165, 1.54) is 18.2 Å². The number of anilines is 3. The van der Waals surface area contributed by atoms with E-state index in [4.69, 9.17) is 0 Å². The molecule has 1 heterocycles. The molecule has 28 heavy (non-hydrogen) atoms. The van der Waals surface area contributed by atoms with E-state index < -0.39 is 29.3 Å². The van der Waals surface area contributed by atoms with Gasteiger partial charge in [-0.1, -0.05) is 6.07 Å². The first-order chi connectivity index (χ1) is 13.2. The number of aromatic nitrogens is 2. The fourth-order valence-electron chi connectivity index (χ4n) is 2.24. The van der Waals surface area contributed by atoms with Crippen molar-refractivity contribution in [1.29, 1.82) is 0 Å². The second-order valence-corrected chi connectivity index (χ2v) is 5.58. The van der Waals surface area contributed by atoms with Gasteiger partial charge in [-0.3, -0.25) is 4.79 Å². The van der Waals surface area contributed by atoms with Crippen LogP contribution in [0.25, 0.3) is 0 Å². The Labute approximate surface area is 155 Å². The van der Waals surface area contributed by atoms with E-state index in [0.29, 0.717) is 0 Å². The number of carbonyl (C=O) groups is 1. The number of benzene rings is 2. The summed E-state index contributed by atoms with van der Waals surface area (Å²) in [6.45, 7) is 0. The first-order valence-corrected chi connectivity index (χ1v) is 7.75. The summed E-state index contributed by atoms with van der Waals surface area (Å²) in [6, 6.07) is 8.43. The highest BCUT2D eigenvalue weighted by molar-refractivity contribution is 6.03. The maximum Gasteiger partial charge on any atom is 0.416 e. The lowest BCUT2D eigenvalue weighted by atomic mass is 10.2. The molecule has 1 amide bonds. The number of halogens is 5. The van der Waals surface area contributed by atoms with Gasteiger partial charge in [-0.2, -0.15) is 13.2 Å². The van der Waals surface area contributed by atoms with Crippen molar-refractivity contribution in [2.24, 2.45) is 0 Å². The standard InChI is InChI=1S/C18H11F5N4O/c19-13-5-4-12(7-14(13)20)26-16-8-15(24-9-25-16)17(28)27-11-3-1-2-10(6-11)18(21,22)23/h1-9H,(H,27,28)(H,24,25,26). The van der Waals surface area contributed by atoms with Gasteiger partial charge in [-0.25, -0.2) is 18.7 Å². The Morgan fingerprint density at radius 3 is 2.39 bits per heavy atom. The van der Waals surface area contributed by atoms with Crippen LogP contribution in [0, 0.1) is 11.6 Å². The van der Waals surface area contributed by atoms with E-state index >= 15 is 0 Å². The van der Waals surface area contributed by atoms with Gasteiger partial charge in [0, 0.05) is 23.5 Å². The number of amides is 1. The Kier molecular flexibility index (Phi) is 5.21. The van der Waals surface area contributed by atoms with E-state index in [0.717, 1.165) is 36.7 Å². The van der Waals surface area contributed by atoms with E-state index in [2.05, 4.69) is 20.6 Å². The smallest absolute Gasteiger partial charge is 0.340 e. The van der Waals surface area contributed by atoms with Crippen LogP contribution < -0.4 is 10.6 Å². The topological polar surface area (TPSA) is 66.9 Å². The molecule has 2 aromatic carbocycles. The maximum absolute atomic E-state index is 13.3. The lowest BCUT2D eigenvalue weighted by Gasteiger charge is -2.10. The molecule has 0 aliphatic rings. The van der Waals surface area contributed by atoms with Gasteiger partial charge in [0.05, 0.1) is 5.56 Å². The number of carbonyl (C=O) groups excluding carboxylic acids is 1.